The average molecular weight is 870 g/mol. The van der Waals surface area contributed by atoms with Crippen LogP contribution in [0.2, 0.25) is 0 Å². The molecular weight excluding hydrogens is 795 g/mol. The lowest BCUT2D eigenvalue weighted by Crippen LogP contribution is -2.61. The maximum atomic E-state index is 14.3. The van der Waals surface area contributed by atoms with Crippen LogP contribution in [-0.2, 0) is 38.2 Å². The molecule has 2 bridgehead atoms. The van der Waals surface area contributed by atoms with Crippen molar-refractivity contribution in [1.82, 2.24) is 4.90 Å². The number of esters is 1. The Morgan fingerprint density at radius 3 is 2.27 bits per heavy atom. The summed E-state index contributed by atoms with van der Waals surface area (Å²) in [6, 6.07) is -1.14. The minimum Gasteiger partial charge on any atom is -0.460 e. The number of rotatable bonds is 4. The van der Waals surface area contributed by atoms with Gasteiger partial charge in [0, 0.05) is 50.7 Å². The second-order valence-corrected chi connectivity index (χ2v) is 19.1. The van der Waals surface area contributed by atoms with Gasteiger partial charge < -0.3 is 39.5 Å². The van der Waals surface area contributed by atoms with Gasteiger partial charge in [-0.2, -0.15) is 0 Å². The smallest absolute Gasteiger partial charge is 0.329 e. The number of amides is 1. The SMILES string of the molecule is CO[C@@H]1C[C@H](C[C@@H](C)[C@@H]2CC(=O)[C@H](C)/C=C(\C)[C@@H](O)CC(=O)[C@H](C)C[C@H](C)/C=C/C=C/C=C(\C)[C@@H](O)C[C@@H]3CC[C@@H](C)[C@@](O)(O3)C(=O)C(=O)N3CCCC[C@H]3C(=O)O2)CC[C@H]1O. The molecule has 4 rings (SSSR count). The number of allylic oxidation sites excluding steroid dienone is 6. The Balaban J connectivity index is 1.66. The number of aliphatic hydroxyl groups excluding tert-OH is 3. The maximum absolute atomic E-state index is 14.3. The lowest BCUT2D eigenvalue weighted by atomic mass is 9.78. The molecule has 1 amide bonds. The first-order valence-electron chi connectivity index (χ1n) is 23.0. The normalized spacial score (nSPS) is 40.6. The fraction of sp³-hybridized carbons (Fsp3) is 0.735. The lowest BCUT2D eigenvalue weighted by molar-refractivity contribution is -0.265. The van der Waals surface area contributed by atoms with E-state index in [1.165, 1.54) is 4.90 Å². The fourth-order valence-electron chi connectivity index (χ4n) is 9.51. The molecular formula is C49H75NO12. The molecule has 348 valence electrons. The summed E-state index contributed by atoms with van der Waals surface area (Å²) in [6.45, 7) is 12.6. The third-order valence-corrected chi connectivity index (χ3v) is 13.9. The molecule has 3 heterocycles. The first-order valence-corrected chi connectivity index (χ1v) is 23.0. The summed E-state index contributed by atoms with van der Waals surface area (Å²) in [5.74, 6) is -7.65. The number of hydrogen-bond donors (Lipinski definition) is 4. The van der Waals surface area contributed by atoms with Crippen LogP contribution >= 0.6 is 0 Å². The highest BCUT2D eigenvalue weighted by Crippen LogP contribution is 2.37. The van der Waals surface area contributed by atoms with Crippen molar-refractivity contribution in [1.29, 1.82) is 0 Å². The molecule has 0 radical (unpaired) electrons. The molecule has 0 aromatic carbocycles. The Morgan fingerprint density at radius 1 is 0.839 bits per heavy atom. The number of ketones is 3. The summed E-state index contributed by atoms with van der Waals surface area (Å²) in [4.78, 5) is 70.8. The van der Waals surface area contributed by atoms with Crippen LogP contribution in [0, 0.1) is 35.5 Å². The van der Waals surface area contributed by atoms with Gasteiger partial charge in [0.25, 0.3) is 11.7 Å². The zero-order valence-corrected chi connectivity index (χ0v) is 38.4. The van der Waals surface area contributed by atoms with Crippen LogP contribution in [0.1, 0.15) is 132 Å². The number of methoxy groups -OCH3 is 1. The second-order valence-electron chi connectivity index (χ2n) is 19.1. The third-order valence-electron chi connectivity index (χ3n) is 13.9. The van der Waals surface area contributed by atoms with Crippen molar-refractivity contribution in [2.75, 3.05) is 13.7 Å². The number of piperidine rings is 1. The van der Waals surface area contributed by atoms with Gasteiger partial charge in [0.1, 0.15) is 23.7 Å². The van der Waals surface area contributed by atoms with Gasteiger partial charge in [-0.25, -0.2) is 4.79 Å². The first-order chi connectivity index (χ1) is 29.2. The molecule has 4 N–H and O–H groups in total. The summed E-state index contributed by atoms with van der Waals surface area (Å²) >= 11 is 0. The number of nitrogens with zero attached hydrogens (tertiary/aromatic N) is 1. The molecule has 13 heteroatoms. The molecule has 0 aromatic rings. The van der Waals surface area contributed by atoms with Crippen LogP contribution in [0.3, 0.4) is 0 Å². The van der Waals surface area contributed by atoms with Crippen molar-refractivity contribution in [3.63, 3.8) is 0 Å². The van der Waals surface area contributed by atoms with E-state index in [1.807, 2.05) is 39.0 Å². The summed E-state index contributed by atoms with van der Waals surface area (Å²) in [7, 11) is 1.56. The minimum atomic E-state index is -2.47. The van der Waals surface area contributed by atoms with Gasteiger partial charge in [-0.05, 0) is 107 Å². The number of Topliss-reactive ketones (excluding diaryl/α,β-unsaturated/α-hetero) is 3. The molecule has 2 saturated heterocycles. The Morgan fingerprint density at radius 2 is 1.56 bits per heavy atom. The molecule has 62 heavy (non-hydrogen) atoms. The van der Waals surface area contributed by atoms with Gasteiger partial charge in [0.15, 0.2) is 0 Å². The molecule has 1 saturated carbocycles. The van der Waals surface area contributed by atoms with Crippen molar-refractivity contribution in [2.24, 2.45) is 35.5 Å². The van der Waals surface area contributed by atoms with E-state index in [0.29, 0.717) is 62.5 Å². The van der Waals surface area contributed by atoms with E-state index in [9.17, 15) is 44.4 Å². The van der Waals surface area contributed by atoms with Crippen molar-refractivity contribution < 1.29 is 58.6 Å². The molecule has 4 aliphatic rings. The summed E-state index contributed by atoms with van der Waals surface area (Å²) < 4.78 is 17.8. The zero-order chi connectivity index (χ0) is 45.9. The van der Waals surface area contributed by atoms with Gasteiger partial charge in [-0.3, -0.25) is 19.2 Å². The van der Waals surface area contributed by atoms with E-state index >= 15 is 0 Å². The number of hydrogen-bond acceptors (Lipinski definition) is 12. The number of ether oxygens (including phenoxy) is 3. The summed E-state index contributed by atoms with van der Waals surface area (Å²) in [5.41, 5.74) is 1.12. The molecule has 0 aromatic heterocycles. The summed E-state index contributed by atoms with van der Waals surface area (Å²) in [6.07, 6.45) is 11.3. The van der Waals surface area contributed by atoms with Crippen molar-refractivity contribution in [2.45, 2.75) is 180 Å². The highest BCUT2D eigenvalue weighted by Gasteiger charge is 2.53. The average Bonchev–Trinajstić information content (AvgIpc) is 3.23. The van der Waals surface area contributed by atoms with Crippen LogP contribution in [0.5, 0.6) is 0 Å². The number of carbonyl (C=O) groups is 5. The van der Waals surface area contributed by atoms with Gasteiger partial charge >= 0.3 is 5.97 Å². The molecule has 14 atom stereocenters. The Bertz CT molecular complexity index is 1690. The Hall–Kier alpha value is -3.33. The monoisotopic (exact) mass is 870 g/mol. The maximum Gasteiger partial charge on any atom is 0.329 e. The second kappa shape index (κ2) is 23.6. The van der Waals surface area contributed by atoms with Gasteiger partial charge in [0.2, 0.25) is 5.79 Å². The fourth-order valence-corrected chi connectivity index (χ4v) is 9.51. The number of cyclic esters (lactones) is 1. The molecule has 13 nitrogen and oxygen atoms in total. The molecule has 0 spiro atoms. The van der Waals surface area contributed by atoms with Crippen LogP contribution in [0.25, 0.3) is 0 Å². The first kappa shape index (κ1) is 51.3. The predicted molar refractivity (Wildman–Crippen MR) is 234 cm³/mol. The third kappa shape index (κ3) is 13.8. The van der Waals surface area contributed by atoms with Crippen molar-refractivity contribution in [3.8, 4) is 0 Å². The quantitative estimate of drug-likeness (QED) is 0.149. The zero-order valence-electron chi connectivity index (χ0n) is 38.4. The Kier molecular flexibility index (Phi) is 19.5. The van der Waals surface area contributed by atoms with E-state index in [2.05, 4.69) is 0 Å². The largest absolute Gasteiger partial charge is 0.460 e. The predicted octanol–water partition coefficient (Wildman–Crippen LogP) is 5.90. The highest BCUT2D eigenvalue weighted by molar-refractivity contribution is 6.39. The van der Waals surface area contributed by atoms with Crippen molar-refractivity contribution in [3.05, 3.63) is 47.6 Å². The van der Waals surface area contributed by atoms with E-state index in [-0.39, 0.29) is 73.6 Å². The topological polar surface area (TPSA) is 197 Å². The molecule has 3 fully saturated rings. The molecule has 3 aliphatic heterocycles. The minimum absolute atomic E-state index is 0.0622. The summed E-state index contributed by atoms with van der Waals surface area (Å²) in [5, 5.41) is 44.4. The van der Waals surface area contributed by atoms with Crippen LogP contribution in [-0.4, -0.2) is 117 Å². The Labute approximate surface area is 369 Å². The van der Waals surface area contributed by atoms with Gasteiger partial charge in [-0.15, -0.1) is 0 Å². The molecule has 0 unspecified atom stereocenters. The van der Waals surface area contributed by atoms with E-state index in [4.69, 9.17) is 14.2 Å². The molecule has 1 aliphatic carbocycles. The van der Waals surface area contributed by atoms with Crippen LogP contribution < -0.4 is 0 Å². The van der Waals surface area contributed by atoms with Crippen molar-refractivity contribution >= 4 is 29.2 Å². The van der Waals surface area contributed by atoms with Crippen LogP contribution in [0.4, 0.5) is 0 Å². The van der Waals surface area contributed by atoms with E-state index in [1.54, 1.807) is 53.0 Å². The number of fused-ring (bicyclic) bond motifs is 3. The van der Waals surface area contributed by atoms with Gasteiger partial charge in [-0.1, -0.05) is 71.1 Å². The standard InChI is InChI=1S/C49H75NO12/c1-29-14-10-9-11-15-30(2)40(52)26-37-19-17-35(7)49(59,62-37)46(56)47(57)50-21-13-12-16-38(50)48(58)61-44(34(6)24-36-18-20-39(51)45(25-36)60-8)28-43(55)33(5)23-32(4)42(54)27-41(53)31(3)22-29/h9-11,14-15,23,29,31,33-40,42,44-45,51-52,54,59H,12-13,16-22,24-28H2,1-8H3/b11-9+,14-10+,30-15+,32-23+/t29-,31-,33-,34-,35-,36+,37+,38+,39-,40+,42+,44+,45-,49-/m1/s1. The lowest BCUT2D eigenvalue weighted by Gasteiger charge is -2.42. The van der Waals surface area contributed by atoms with Crippen LogP contribution in [0.15, 0.2) is 47.6 Å². The highest BCUT2D eigenvalue weighted by atomic mass is 16.6. The number of aliphatic hydroxyl groups is 4. The van der Waals surface area contributed by atoms with E-state index < -0.39 is 71.8 Å². The number of carbonyl (C=O) groups excluding carboxylic acids is 5. The van der Waals surface area contributed by atoms with Gasteiger partial charge in [0.05, 0.1) is 30.5 Å². The van der Waals surface area contributed by atoms with E-state index in [0.717, 1.165) is 6.42 Å².